The van der Waals surface area contributed by atoms with Gasteiger partial charge < -0.3 is 13.9 Å². The van der Waals surface area contributed by atoms with Gasteiger partial charge in [-0.15, -0.1) is 0 Å². The van der Waals surface area contributed by atoms with Crippen molar-refractivity contribution in [1.29, 1.82) is 0 Å². The van der Waals surface area contributed by atoms with E-state index in [4.69, 9.17) is 13.9 Å². The van der Waals surface area contributed by atoms with Crippen LogP contribution in [0.15, 0.2) is 75.9 Å². The van der Waals surface area contributed by atoms with Crippen LogP contribution in [-0.2, 0) is 11.0 Å². The summed E-state index contributed by atoms with van der Waals surface area (Å²) in [7, 11) is 0. The van der Waals surface area contributed by atoms with Crippen LogP contribution >= 0.6 is 0 Å². The molecule has 40 heavy (non-hydrogen) atoms. The first-order chi connectivity index (χ1) is 19.0. The van der Waals surface area contributed by atoms with E-state index >= 15 is 0 Å². The Morgan fingerprint density at radius 2 is 1.52 bits per heavy atom. The summed E-state index contributed by atoms with van der Waals surface area (Å²) in [5, 5.41) is -0.208. The topological polar surface area (TPSA) is 103 Å². The van der Waals surface area contributed by atoms with Crippen molar-refractivity contribution >= 4 is 28.8 Å². The minimum Gasteiger partial charge on any atom is -0.449 e. The molecule has 5 rings (SSSR count). The molecule has 0 radical (unpaired) electrons. The summed E-state index contributed by atoms with van der Waals surface area (Å²) in [6.45, 7) is 1.76. The van der Waals surface area contributed by atoms with Crippen LogP contribution in [0, 0.1) is 6.92 Å². The number of alkyl halides is 3. The van der Waals surface area contributed by atoms with Gasteiger partial charge in [-0.25, -0.2) is 0 Å². The zero-order chi connectivity index (χ0) is 28.6. The normalized spacial score (nSPS) is 13.1. The van der Waals surface area contributed by atoms with E-state index in [2.05, 4.69) is 0 Å². The Hall–Kier alpha value is -4.93. The van der Waals surface area contributed by atoms with Crippen molar-refractivity contribution in [2.24, 2.45) is 0 Å². The highest BCUT2D eigenvalue weighted by Gasteiger charge is 2.40. The monoisotopic (exact) mass is 551 g/mol. The van der Waals surface area contributed by atoms with Gasteiger partial charge in [-0.3, -0.25) is 24.1 Å². The average Bonchev–Trinajstić information content (AvgIpc) is 3.15. The molecule has 0 saturated heterocycles. The predicted molar refractivity (Wildman–Crippen MR) is 135 cm³/mol. The Labute approximate surface area is 224 Å². The Balaban J connectivity index is 1.30. The van der Waals surface area contributed by atoms with Gasteiger partial charge in [-0.05, 0) is 49.7 Å². The molecular formula is C29H20F3NO7. The van der Waals surface area contributed by atoms with Crippen LogP contribution in [-0.4, -0.2) is 29.2 Å². The van der Waals surface area contributed by atoms with Gasteiger partial charge in [-0.2, -0.15) is 13.2 Å². The molecule has 11 heteroatoms. The number of aryl methyl sites for hydroxylation is 1. The van der Waals surface area contributed by atoms with Crippen molar-refractivity contribution in [1.82, 2.24) is 4.90 Å². The molecule has 0 N–H and O–H groups in total. The fourth-order valence-electron chi connectivity index (χ4n) is 4.23. The molecule has 0 aliphatic carbocycles. The summed E-state index contributed by atoms with van der Waals surface area (Å²) in [6.07, 6.45) is -5.14. The summed E-state index contributed by atoms with van der Waals surface area (Å²) < 4.78 is 56.9. The summed E-state index contributed by atoms with van der Waals surface area (Å²) in [4.78, 5) is 51.2. The third-order valence-electron chi connectivity index (χ3n) is 6.19. The third kappa shape index (κ3) is 5.18. The number of hydrogen-bond donors (Lipinski definition) is 0. The second-order valence-electron chi connectivity index (χ2n) is 9.05. The Bertz CT molecular complexity index is 1670. The zero-order valence-electron chi connectivity index (χ0n) is 20.9. The van der Waals surface area contributed by atoms with Gasteiger partial charge in [0.05, 0.1) is 16.5 Å². The number of carbonyl (C=O) groups is 3. The minimum absolute atomic E-state index is 0.0211. The molecule has 1 aliphatic heterocycles. The molecule has 2 heterocycles. The van der Waals surface area contributed by atoms with Crippen molar-refractivity contribution in [3.8, 4) is 17.2 Å². The summed E-state index contributed by atoms with van der Waals surface area (Å²) in [5.41, 5.74) is -0.0748. The van der Waals surface area contributed by atoms with Gasteiger partial charge in [0.25, 0.3) is 17.6 Å². The van der Waals surface area contributed by atoms with Gasteiger partial charge in [0, 0.05) is 19.0 Å². The van der Waals surface area contributed by atoms with E-state index < -0.39 is 46.5 Å². The summed E-state index contributed by atoms with van der Waals surface area (Å²) in [6, 6.07) is 15.9. The second-order valence-corrected chi connectivity index (χ2v) is 9.05. The summed E-state index contributed by atoms with van der Waals surface area (Å²) >= 11 is 0. The number of carbonyl (C=O) groups excluding carboxylic acids is 3. The van der Waals surface area contributed by atoms with Crippen LogP contribution in [0.25, 0.3) is 11.0 Å². The Morgan fingerprint density at radius 3 is 2.15 bits per heavy atom. The highest BCUT2D eigenvalue weighted by molar-refractivity contribution is 6.21. The fourth-order valence-corrected chi connectivity index (χ4v) is 4.23. The number of rotatable bonds is 7. The molecule has 8 nitrogen and oxygen atoms in total. The quantitative estimate of drug-likeness (QED) is 0.160. The summed E-state index contributed by atoms with van der Waals surface area (Å²) in [5.74, 6) is -4.43. The van der Waals surface area contributed by atoms with Crippen LogP contribution in [0.3, 0.4) is 0 Å². The number of fused-ring (bicyclic) bond motifs is 2. The maximum Gasteiger partial charge on any atom is 0.453 e. The molecule has 204 valence electrons. The van der Waals surface area contributed by atoms with Gasteiger partial charge in [0.1, 0.15) is 17.1 Å². The van der Waals surface area contributed by atoms with Crippen LogP contribution in [0.1, 0.15) is 44.9 Å². The number of amides is 2. The standard InChI is InChI=1S/C29H20F3NO7/c1-16-8-10-17(11-9-16)39-25-24(35)21-13-12-18(15-22(21)40-26(25)29(30,31)32)38-23(34)7-4-14-33-27(36)19-5-2-3-6-20(19)28(33)37/h2-3,5-6,8-13,15H,4,7,14H2,1H3. The molecule has 4 aromatic rings. The van der Waals surface area contributed by atoms with Gasteiger partial charge in [0.2, 0.25) is 11.2 Å². The SMILES string of the molecule is Cc1ccc(Oc2c(C(F)(F)F)oc3cc(OC(=O)CCCN4C(=O)c5ccccc5C4=O)ccc3c2=O)cc1. The lowest BCUT2D eigenvalue weighted by Crippen LogP contribution is -2.31. The van der Waals surface area contributed by atoms with Crippen molar-refractivity contribution in [3.05, 3.63) is 99.4 Å². The van der Waals surface area contributed by atoms with Crippen molar-refractivity contribution < 1.29 is 41.4 Å². The average molecular weight is 551 g/mol. The van der Waals surface area contributed by atoms with Crippen LogP contribution in [0.5, 0.6) is 17.2 Å². The maximum atomic E-state index is 13.8. The molecule has 0 fully saturated rings. The number of ether oxygens (including phenoxy) is 2. The highest BCUT2D eigenvalue weighted by Crippen LogP contribution is 2.38. The first kappa shape index (κ1) is 26.7. The number of esters is 1. The third-order valence-corrected chi connectivity index (χ3v) is 6.19. The lowest BCUT2D eigenvalue weighted by molar-refractivity contribution is -0.154. The minimum atomic E-state index is -5.05. The van der Waals surface area contributed by atoms with Crippen LogP contribution in [0.2, 0.25) is 0 Å². The first-order valence-electron chi connectivity index (χ1n) is 12.1. The van der Waals surface area contributed by atoms with Gasteiger partial charge in [0.15, 0.2) is 0 Å². The van der Waals surface area contributed by atoms with Crippen LogP contribution in [0.4, 0.5) is 13.2 Å². The lowest BCUT2D eigenvalue weighted by atomic mass is 10.1. The van der Waals surface area contributed by atoms with E-state index in [1.165, 1.54) is 24.3 Å². The van der Waals surface area contributed by atoms with Crippen molar-refractivity contribution in [2.75, 3.05) is 6.54 Å². The largest absolute Gasteiger partial charge is 0.453 e. The van der Waals surface area contributed by atoms with Crippen molar-refractivity contribution in [2.45, 2.75) is 25.9 Å². The molecule has 0 unspecified atom stereocenters. The van der Waals surface area contributed by atoms with E-state index in [1.807, 2.05) is 0 Å². The Morgan fingerprint density at radius 1 is 0.900 bits per heavy atom. The lowest BCUT2D eigenvalue weighted by Gasteiger charge is -2.14. The molecule has 3 aromatic carbocycles. The molecule has 0 bridgehead atoms. The van der Waals surface area contributed by atoms with Gasteiger partial charge >= 0.3 is 12.1 Å². The number of hydrogen-bond acceptors (Lipinski definition) is 7. The number of nitrogens with zero attached hydrogens (tertiary/aromatic N) is 1. The van der Waals surface area contributed by atoms with E-state index in [-0.39, 0.29) is 36.3 Å². The van der Waals surface area contributed by atoms with E-state index in [9.17, 15) is 32.3 Å². The van der Waals surface area contributed by atoms with Crippen molar-refractivity contribution in [3.63, 3.8) is 0 Å². The zero-order valence-corrected chi connectivity index (χ0v) is 20.9. The Kier molecular flexibility index (Phi) is 6.88. The molecule has 1 aromatic heterocycles. The van der Waals surface area contributed by atoms with E-state index in [0.717, 1.165) is 16.5 Å². The maximum absolute atomic E-state index is 13.8. The van der Waals surface area contributed by atoms with E-state index in [0.29, 0.717) is 11.1 Å². The molecular weight excluding hydrogens is 531 g/mol. The molecule has 2 amide bonds. The number of halogens is 3. The number of imide groups is 1. The smallest absolute Gasteiger partial charge is 0.449 e. The van der Waals surface area contributed by atoms with Gasteiger partial charge in [-0.1, -0.05) is 29.8 Å². The first-order valence-corrected chi connectivity index (χ1v) is 12.1. The molecule has 0 spiro atoms. The molecule has 0 saturated carbocycles. The fraction of sp³-hybridized carbons (Fsp3) is 0.172. The number of benzene rings is 3. The second kappa shape index (κ2) is 10.3. The predicted octanol–water partition coefficient (Wildman–Crippen LogP) is 5.89. The van der Waals surface area contributed by atoms with E-state index in [1.54, 1.807) is 43.3 Å². The molecule has 0 atom stereocenters. The highest BCUT2D eigenvalue weighted by atomic mass is 19.4. The van der Waals surface area contributed by atoms with Crippen LogP contribution < -0.4 is 14.9 Å². The molecule has 1 aliphatic rings.